The van der Waals surface area contributed by atoms with E-state index in [2.05, 4.69) is 6.92 Å². The number of hydrogen-bond acceptors (Lipinski definition) is 3. The van der Waals surface area contributed by atoms with E-state index in [1.54, 1.807) is 11.2 Å². The van der Waals surface area contributed by atoms with E-state index in [-0.39, 0.29) is 12.5 Å². The van der Waals surface area contributed by atoms with Crippen LogP contribution >= 0.6 is 11.6 Å². The molecule has 0 radical (unpaired) electrons. The normalized spacial score (nSPS) is 10.6. The summed E-state index contributed by atoms with van der Waals surface area (Å²) in [6.07, 6.45) is 2.57. The van der Waals surface area contributed by atoms with E-state index in [1.165, 1.54) is 5.56 Å². The van der Waals surface area contributed by atoms with Crippen LogP contribution in [0.15, 0.2) is 71.3 Å². The first-order chi connectivity index (χ1) is 13.1. The van der Waals surface area contributed by atoms with Crippen molar-refractivity contribution in [1.82, 2.24) is 4.90 Å². The summed E-state index contributed by atoms with van der Waals surface area (Å²) in [5.41, 5.74) is 2.18. The van der Waals surface area contributed by atoms with Gasteiger partial charge in [0, 0.05) is 11.6 Å². The number of benzene rings is 2. The van der Waals surface area contributed by atoms with Crippen molar-refractivity contribution < 1.29 is 13.9 Å². The fourth-order valence-corrected chi connectivity index (χ4v) is 2.95. The van der Waals surface area contributed by atoms with Crippen molar-refractivity contribution in [1.29, 1.82) is 0 Å². The van der Waals surface area contributed by atoms with Crippen LogP contribution in [0.25, 0.3) is 0 Å². The number of halogens is 1. The molecule has 0 fully saturated rings. The molecule has 0 aliphatic heterocycles. The van der Waals surface area contributed by atoms with Crippen LogP contribution in [0.2, 0.25) is 5.02 Å². The van der Waals surface area contributed by atoms with Crippen LogP contribution < -0.4 is 4.74 Å². The summed E-state index contributed by atoms with van der Waals surface area (Å²) in [5, 5.41) is 0.644. The molecule has 3 rings (SSSR count). The number of ether oxygens (including phenoxy) is 1. The van der Waals surface area contributed by atoms with Gasteiger partial charge < -0.3 is 14.1 Å². The molecule has 1 amide bonds. The SMILES string of the molecule is CCc1ccc(OCC(=O)N(Cc2cccc(Cl)c2)Cc2ccco2)cc1. The van der Waals surface area contributed by atoms with E-state index in [9.17, 15) is 4.79 Å². The lowest BCUT2D eigenvalue weighted by Crippen LogP contribution is -2.34. The minimum atomic E-state index is -0.119. The molecule has 1 heterocycles. The number of hydrogen-bond donors (Lipinski definition) is 0. The largest absolute Gasteiger partial charge is 0.484 e. The second kappa shape index (κ2) is 9.28. The molecule has 0 aliphatic carbocycles. The minimum Gasteiger partial charge on any atom is -0.484 e. The van der Waals surface area contributed by atoms with Crippen LogP contribution in [0.4, 0.5) is 0 Å². The van der Waals surface area contributed by atoms with Gasteiger partial charge in [0.1, 0.15) is 11.5 Å². The van der Waals surface area contributed by atoms with Crippen molar-refractivity contribution in [2.45, 2.75) is 26.4 Å². The fourth-order valence-electron chi connectivity index (χ4n) is 2.74. The van der Waals surface area contributed by atoms with Crippen LogP contribution in [-0.2, 0) is 24.3 Å². The van der Waals surface area contributed by atoms with Crippen molar-refractivity contribution in [2.24, 2.45) is 0 Å². The number of carbonyl (C=O) groups is 1. The number of nitrogens with zero attached hydrogens (tertiary/aromatic N) is 1. The molecule has 3 aromatic rings. The average Bonchev–Trinajstić information content (AvgIpc) is 3.19. The molecule has 4 nitrogen and oxygen atoms in total. The van der Waals surface area contributed by atoms with Gasteiger partial charge in [-0.15, -0.1) is 0 Å². The van der Waals surface area contributed by atoms with Crippen molar-refractivity contribution in [3.63, 3.8) is 0 Å². The lowest BCUT2D eigenvalue weighted by Gasteiger charge is -2.22. The van der Waals surface area contributed by atoms with Crippen molar-refractivity contribution in [2.75, 3.05) is 6.61 Å². The predicted molar refractivity (Wildman–Crippen MR) is 106 cm³/mol. The maximum atomic E-state index is 12.8. The highest BCUT2D eigenvalue weighted by atomic mass is 35.5. The number of amides is 1. The Morgan fingerprint density at radius 3 is 2.52 bits per heavy atom. The lowest BCUT2D eigenvalue weighted by molar-refractivity contribution is -0.134. The topological polar surface area (TPSA) is 42.7 Å². The first kappa shape index (κ1) is 19.1. The van der Waals surface area contributed by atoms with Crippen LogP contribution in [0.1, 0.15) is 23.8 Å². The molecule has 0 atom stereocenters. The second-order valence-electron chi connectivity index (χ2n) is 6.25. The van der Waals surface area contributed by atoms with Gasteiger partial charge in [-0.25, -0.2) is 0 Å². The highest BCUT2D eigenvalue weighted by Gasteiger charge is 2.17. The van der Waals surface area contributed by atoms with E-state index < -0.39 is 0 Å². The Morgan fingerprint density at radius 2 is 1.85 bits per heavy atom. The van der Waals surface area contributed by atoms with Gasteiger partial charge in [0.25, 0.3) is 5.91 Å². The maximum Gasteiger partial charge on any atom is 0.261 e. The molecule has 5 heteroatoms. The molecule has 140 valence electrons. The molecule has 0 unspecified atom stereocenters. The third-order valence-corrected chi connectivity index (χ3v) is 4.47. The summed E-state index contributed by atoms with van der Waals surface area (Å²) in [6, 6.07) is 18.9. The molecule has 0 bridgehead atoms. The average molecular weight is 384 g/mol. The zero-order valence-corrected chi connectivity index (χ0v) is 16.0. The van der Waals surface area contributed by atoms with Crippen LogP contribution in [0.5, 0.6) is 5.75 Å². The van der Waals surface area contributed by atoms with Crippen LogP contribution in [-0.4, -0.2) is 17.4 Å². The van der Waals surface area contributed by atoms with Gasteiger partial charge in [0.05, 0.1) is 12.8 Å². The maximum absolute atomic E-state index is 12.8. The van der Waals surface area contributed by atoms with Gasteiger partial charge in [0.2, 0.25) is 0 Å². The van der Waals surface area contributed by atoms with E-state index in [0.29, 0.717) is 23.9 Å². The van der Waals surface area contributed by atoms with Gasteiger partial charge in [-0.05, 0) is 53.9 Å². The van der Waals surface area contributed by atoms with Gasteiger partial charge in [-0.3, -0.25) is 4.79 Å². The summed E-state index contributed by atoms with van der Waals surface area (Å²) in [4.78, 5) is 14.5. The van der Waals surface area contributed by atoms with E-state index in [0.717, 1.165) is 17.7 Å². The molecule has 0 saturated carbocycles. The van der Waals surface area contributed by atoms with Crippen molar-refractivity contribution in [3.05, 3.63) is 88.8 Å². The molecule has 2 aromatic carbocycles. The summed E-state index contributed by atoms with van der Waals surface area (Å²) >= 11 is 6.07. The third kappa shape index (κ3) is 5.63. The molecule has 0 N–H and O–H groups in total. The summed E-state index contributed by atoms with van der Waals surface area (Å²) < 4.78 is 11.1. The zero-order valence-electron chi connectivity index (χ0n) is 15.2. The van der Waals surface area contributed by atoms with Gasteiger partial charge in [-0.2, -0.15) is 0 Å². The highest BCUT2D eigenvalue weighted by Crippen LogP contribution is 2.16. The Hall–Kier alpha value is -2.72. The predicted octanol–water partition coefficient (Wildman–Crippen LogP) is 5.10. The first-order valence-electron chi connectivity index (χ1n) is 8.90. The summed E-state index contributed by atoms with van der Waals surface area (Å²) in [6.45, 7) is 2.86. The Kier molecular flexibility index (Phi) is 6.55. The van der Waals surface area contributed by atoms with Crippen molar-refractivity contribution in [3.8, 4) is 5.75 Å². The van der Waals surface area contributed by atoms with E-state index in [4.69, 9.17) is 20.8 Å². The fraction of sp³-hybridized carbons (Fsp3) is 0.227. The van der Waals surface area contributed by atoms with E-state index in [1.807, 2.05) is 60.7 Å². The monoisotopic (exact) mass is 383 g/mol. The van der Waals surface area contributed by atoms with Gasteiger partial charge >= 0.3 is 0 Å². The van der Waals surface area contributed by atoms with Crippen LogP contribution in [0.3, 0.4) is 0 Å². The highest BCUT2D eigenvalue weighted by molar-refractivity contribution is 6.30. The third-order valence-electron chi connectivity index (χ3n) is 4.24. The molecule has 1 aromatic heterocycles. The number of furan rings is 1. The Morgan fingerprint density at radius 1 is 1.04 bits per heavy atom. The van der Waals surface area contributed by atoms with Crippen LogP contribution in [0, 0.1) is 0 Å². The standard InChI is InChI=1S/C22H22ClNO3/c1-2-17-8-10-20(11-9-17)27-16-22(25)24(15-21-7-4-12-26-21)14-18-5-3-6-19(23)13-18/h3-13H,2,14-16H2,1H3. The van der Waals surface area contributed by atoms with E-state index >= 15 is 0 Å². The smallest absolute Gasteiger partial charge is 0.261 e. The zero-order chi connectivity index (χ0) is 19.1. The second-order valence-corrected chi connectivity index (χ2v) is 6.68. The summed E-state index contributed by atoms with van der Waals surface area (Å²) in [5.74, 6) is 1.28. The summed E-state index contributed by atoms with van der Waals surface area (Å²) in [7, 11) is 0. The minimum absolute atomic E-state index is 0.0350. The Bertz CT molecular complexity index is 860. The molecule has 27 heavy (non-hydrogen) atoms. The molecule has 0 aliphatic rings. The molecular formula is C22H22ClNO3. The Balaban J connectivity index is 1.67. The Labute approximate surface area is 164 Å². The van der Waals surface area contributed by atoms with Gasteiger partial charge in [-0.1, -0.05) is 42.8 Å². The number of rotatable bonds is 8. The molecular weight excluding hydrogens is 362 g/mol. The molecule has 0 spiro atoms. The molecule has 0 saturated heterocycles. The van der Waals surface area contributed by atoms with Crippen molar-refractivity contribution >= 4 is 17.5 Å². The number of carbonyl (C=O) groups excluding carboxylic acids is 1. The quantitative estimate of drug-likeness (QED) is 0.543. The lowest BCUT2D eigenvalue weighted by atomic mass is 10.2. The van der Waals surface area contributed by atoms with Gasteiger partial charge in [0.15, 0.2) is 6.61 Å². The number of aryl methyl sites for hydroxylation is 1. The first-order valence-corrected chi connectivity index (χ1v) is 9.28.